The SMILES string of the molecule is CCN(Cc1cc(C)c(C(=O)NN)o1)Cc1cccs1. The van der Waals surface area contributed by atoms with Crippen LogP contribution in [0.4, 0.5) is 0 Å². The van der Waals surface area contributed by atoms with Crippen molar-refractivity contribution in [2.75, 3.05) is 6.54 Å². The molecule has 20 heavy (non-hydrogen) atoms. The number of nitrogens with two attached hydrogens (primary N) is 1. The highest BCUT2D eigenvalue weighted by Gasteiger charge is 2.16. The number of carbonyl (C=O) groups is 1. The molecular formula is C14H19N3O2S. The van der Waals surface area contributed by atoms with Gasteiger partial charge in [-0.05, 0) is 31.0 Å². The molecule has 0 saturated carbocycles. The Morgan fingerprint density at radius 3 is 2.90 bits per heavy atom. The summed E-state index contributed by atoms with van der Waals surface area (Å²) >= 11 is 1.74. The molecule has 0 aromatic carbocycles. The monoisotopic (exact) mass is 293 g/mol. The molecule has 0 atom stereocenters. The van der Waals surface area contributed by atoms with Crippen LogP contribution >= 0.6 is 11.3 Å². The zero-order chi connectivity index (χ0) is 14.5. The second kappa shape index (κ2) is 6.69. The van der Waals surface area contributed by atoms with Gasteiger partial charge in [0, 0.05) is 17.0 Å². The van der Waals surface area contributed by atoms with E-state index in [0.29, 0.717) is 6.54 Å². The fourth-order valence-corrected chi connectivity index (χ4v) is 2.79. The van der Waals surface area contributed by atoms with Crippen molar-refractivity contribution in [1.82, 2.24) is 10.3 Å². The first-order valence-electron chi connectivity index (χ1n) is 6.49. The quantitative estimate of drug-likeness (QED) is 0.487. The molecule has 0 radical (unpaired) electrons. The summed E-state index contributed by atoms with van der Waals surface area (Å²) in [6.45, 7) is 6.42. The zero-order valence-electron chi connectivity index (χ0n) is 11.7. The summed E-state index contributed by atoms with van der Waals surface area (Å²) < 4.78 is 5.59. The second-order valence-electron chi connectivity index (χ2n) is 4.58. The third kappa shape index (κ3) is 3.47. The van der Waals surface area contributed by atoms with Crippen molar-refractivity contribution >= 4 is 17.2 Å². The maximum Gasteiger partial charge on any atom is 0.301 e. The van der Waals surface area contributed by atoms with Crippen LogP contribution in [-0.2, 0) is 13.1 Å². The van der Waals surface area contributed by atoms with Crippen LogP contribution in [0, 0.1) is 6.92 Å². The number of carbonyl (C=O) groups excluding carboxylic acids is 1. The van der Waals surface area contributed by atoms with Gasteiger partial charge >= 0.3 is 5.91 Å². The number of furan rings is 1. The third-order valence-corrected chi connectivity index (χ3v) is 3.95. The maximum absolute atomic E-state index is 11.5. The van der Waals surface area contributed by atoms with E-state index in [2.05, 4.69) is 34.8 Å². The Morgan fingerprint density at radius 2 is 2.30 bits per heavy atom. The molecule has 0 fully saturated rings. The molecule has 0 aliphatic rings. The molecule has 2 rings (SSSR count). The highest BCUT2D eigenvalue weighted by atomic mass is 32.1. The molecular weight excluding hydrogens is 274 g/mol. The lowest BCUT2D eigenvalue weighted by atomic mass is 10.2. The Hall–Kier alpha value is -1.63. The van der Waals surface area contributed by atoms with Crippen molar-refractivity contribution in [2.24, 2.45) is 5.84 Å². The van der Waals surface area contributed by atoms with Crippen molar-refractivity contribution in [1.29, 1.82) is 0 Å². The second-order valence-corrected chi connectivity index (χ2v) is 5.61. The zero-order valence-corrected chi connectivity index (χ0v) is 12.5. The molecule has 3 N–H and O–H groups in total. The molecule has 0 unspecified atom stereocenters. The fraction of sp³-hybridized carbons (Fsp3) is 0.357. The molecule has 0 bridgehead atoms. The number of hydrazine groups is 1. The summed E-state index contributed by atoms with van der Waals surface area (Å²) in [6, 6.07) is 6.06. The van der Waals surface area contributed by atoms with E-state index in [9.17, 15) is 4.79 Å². The number of thiophene rings is 1. The van der Waals surface area contributed by atoms with Crippen molar-refractivity contribution in [3.05, 3.63) is 45.5 Å². The van der Waals surface area contributed by atoms with E-state index in [4.69, 9.17) is 10.3 Å². The molecule has 2 aromatic heterocycles. The molecule has 0 spiro atoms. The minimum absolute atomic E-state index is 0.287. The molecule has 0 saturated heterocycles. The molecule has 0 aliphatic heterocycles. The lowest BCUT2D eigenvalue weighted by Crippen LogP contribution is -2.30. The summed E-state index contributed by atoms with van der Waals surface area (Å²) in [6.07, 6.45) is 0. The smallest absolute Gasteiger partial charge is 0.301 e. The van der Waals surface area contributed by atoms with E-state index in [0.717, 1.165) is 24.4 Å². The number of hydrogen-bond acceptors (Lipinski definition) is 5. The largest absolute Gasteiger partial charge is 0.454 e. The van der Waals surface area contributed by atoms with Crippen LogP contribution in [0.1, 0.15) is 33.7 Å². The standard InChI is InChI=1S/C14H19N3O2S/c1-3-17(9-12-5-4-6-20-12)8-11-7-10(2)13(19-11)14(18)16-15/h4-7H,3,8-9,15H2,1-2H3,(H,16,18). The van der Waals surface area contributed by atoms with Gasteiger partial charge < -0.3 is 4.42 Å². The van der Waals surface area contributed by atoms with Crippen LogP contribution in [0.5, 0.6) is 0 Å². The number of nitrogen functional groups attached to an aromatic ring is 1. The number of nitrogens with one attached hydrogen (secondary N) is 1. The predicted octanol–water partition coefficient (Wildman–Crippen LogP) is 2.28. The van der Waals surface area contributed by atoms with Gasteiger partial charge in [0.1, 0.15) is 5.76 Å². The minimum Gasteiger partial charge on any atom is -0.454 e. The Bertz CT molecular complexity index is 563. The molecule has 108 valence electrons. The third-order valence-electron chi connectivity index (χ3n) is 3.09. The van der Waals surface area contributed by atoms with Crippen LogP contribution in [-0.4, -0.2) is 17.4 Å². The van der Waals surface area contributed by atoms with Crippen molar-refractivity contribution < 1.29 is 9.21 Å². The maximum atomic E-state index is 11.5. The van der Waals surface area contributed by atoms with Gasteiger partial charge in [0.05, 0.1) is 6.54 Å². The van der Waals surface area contributed by atoms with Crippen LogP contribution in [0.3, 0.4) is 0 Å². The summed E-state index contributed by atoms with van der Waals surface area (Å²) in [7, 11) is 0. The van der Waals surface area contributed by atoms with E-state index in [-0.39, 0.29) is 5.76 Å². The van der Waals surface area contributed by atoms with Crippen molar-refractivity contribution in [3.8, 4) is 0 Å². The fourth-order valence-electron chi connectivity index (χ4n) is 2.04. The Labute approximate surface area is 122 Å². The molecule has 1 amide bonds. The van der Waals surface area contributed by atoms with E-state index in [1.807, 2.05) is 13.0 Å². The Morgan fingerprint density at radius 1 is 1.50 bits per heavy atom. The van der Waals surface area contributed by atoms with Crippen LogP contribution < -0.4 is 11.3 Å². The topological polar surface area (TPSA) is 71.5 Å². The molecule has 0 aliphatic carbocycles. The summed E-state index contributed by atoms with van der Waals surface area (Å²) in [5.74, 6) is 5.80. The van der Waals surface area contributed by atoms with Crippen LogP contribution in [0.25, 0.3) is 0 Å². The predicted molar refractivity (Wildman–Crippen MR) is 79.2 cm³/mol. The summed E-state index contributed by atoms with van der Waals surface area (Å²) in [5, 5.41) is 2.07. The number of rotatable bonds is 6. The number of amides is 1. The van der Waals surface area contributed by atoms with Crippen molar-refractivity contribution in [3.63, 3.8) is 0 Å². The van der Waals surface area contributed by atoms with E-state index >= 15 is 0 Å². The Kier molecular flexibility index (Phi) is 4.94. The highest BCUT2D eigenvalue weighted by molar-refractivity contribution is 7.09. The first kappa shape index (κ1) is 14.8. The lowest BCUT2D eigenvalue weighted by Gasteiger charge is -2.17. The Balaban J connectivity index is 2.06. The first-order valence-corrected chi connectivity index (χ1v) is 7.37. The normalized spacial score (nSPS) is 11.0. The van der Waals surface area contributed by atoms with Gasteiger partial charge in [-0.2, -0.15) is 0 Å². The van der Waals surface area contributed by atoms with E-state index in [1.54, 1.807) is 11.3 Å². The average Bonchev–Trinajstić information content (AvgIpc) is 3.07. The number of hydrogen-bond donors (Lipinski definition) is 2. The van der Waals surface area contributed by atoms with E-state index < -0.39 is 5.91 Å². The van der Waals surface area contributed by atoms with Gasteiger partial charge in [-0.25, -0.2) is 5.84 Å². The summed E-state index contributed by atoms with van der Waals surface area (Å²) in [5.41, 5.74) is 2.90. The van der Waals surface area contributed by atoms with Crippen LogP contribution in [0.15, 0.2) is 28.0 Å². The molecule has 5 nitrogen and oxygen atoms in total. The van der Waals surface area contributed by atoms with Crippen LogP contribution in [0.2, 0.25) is 0 Å². The van der Waals surface area contributed by atoms with Gasteiger partial charge in [0.15, 0.2) is 5.76 Å². The van der Waals surface area contributed by atoms with Gasteiger partial charge in [0.2, 0.25) is 0 Å². The van der Waals surface area contributed by atoms with Crippen molar-refractivity contribution in [2.45, 2.75) is 26.9 Å². The first-order chi connectivity index (χ1) is 9.63. The highest BCUT2D eigenvalue weighted by Crippen LogP contribution is 2.18. The van der Waals surface area contributed by atoms with Gasteiger partial charge in [0.25, 0.3) is 0 Å². The average molecular weight is 293 g/mol. The summed E-state index contributed by atoms with van der Waals surface area (Å²) in [4.78, 5) is 15.1. The molecule has 6 heteroatoms. The van der Waals surface area contributed by atoms with Gasteiger partial charge in [-0.1, -0.05) is 13.0 Å². The lowest BCUT2D eigenvalue weighted by molar-refractivity contribution is 0.0921. The molecule has 2 aromatic rings. The van der Waals surface area contributed by atoms with Gasteiger partial charge in [-0.15, -0.1) is 11.3 Å². The molecule has 2 heterocycles. The van der Waals surface area contributed by atoms with Gasteiger partial charge in [-0.3, -0.25) is 15.1 Å². The minimum atomic E-state index is -0.393. The number of nitrogens with zero attached hydrogens (tertiary/aromatic N) is 1. The number of aryl methyl sites for hydroxylation is 1. The van der Waals surface area contributed by atoms with E-state index in [1.165, 1.54) is 4.88 Å².